The van der Waals surface area contributed by atoms with Crippen LogP contribution in [0.5, 0.6) is 11.5 Å². The number of fused-ring (bicyclic) bond motifs is 2. The number of carbonyl (C=O) groups is 6. The maximum absolute atomic E-state index is 15.1. The molecule has 4 saturated heterocycles. The van der Waals surface area contributed by atoms with Gasteiger partial charge >= 0.3 is 12.2 Å². The molecule has 6 rings (SSSR count). The molecule has 4 heterocycles. The monoisotopic (exact) mass is 1200 g/mol. The van der Waals surface area contributed by atoms with Crippen molar-refractivity contribution in [2.75, 3.05) is 66.0 Å². The highest BCUT2D eigenvalue weighted by Crippen LogP contribution is 2.40. The third-order valence-electron chi connectivity index (χ3n) is 15.3. The number of unbranched alkanes of at least 4 members (excludes halogenated alkanes) is 1. The van der Waals surface area contributed by atoms with Crippen LogP contribution in [0.4, 0.5) is 27.2 Å². The van der Waals surface area contributed by atoms with Crippen LogP contribution in [0, 0.1) is 35.1 Å². The molecule has 0 saturated carbocycles. The third-order valence-corrected chi connectivity index (χ3v) is 17.8. The van der Waals surface area contributed by atoms with Gasteiger partial charge in [0.2, 0.25) is 43.7 Å². The van der Waals surface area contributed by atoms with E-state index in [0.717, 1.165) is 46.6 Å². The number of nitrogens with zero attached hydrogens (tertiary/aromatic N) is 6. The van der Waals surface area contributed by atoms with E-state index < -0.39 is 151 Å². The quantitative estimate of drug-likeness (QED) is 0.129. The Bertz CT molecular complexity index is 2740. The molecule has 458 valence electrons. The fourth-order valence-corrected chi connectivity index (χ4v) is 13.3. The molecule has 4 aliphatic rings. The van der Waals surface area contributed by atoms with Crippen LogP contribution in [0.2, 0.25) is 0 Å². The summed E-state index contributed by atoms with van der Waals surface area (Å²) in [5.74, 6) is -8.72. The van der Waals surface area contributed by atoms with Crippen molar-refractivity contribution in [3.8, 4) is 11.5 Å². The van der Waals surface area contributed by atoms with Gasteiger partial charge in [-0.3, -0.25) is 29.0 Å². The summed E-state index contributed by atoms with van der Waals surface area (Å²) in [5, 5.41) is 5.59. The smallest absolute Gasteiger partial charge is 0.410 e. The number of likely N-dealkylation sites (tertiary alicyclic amines) is 2. The summed E-state index contributed by atoms with van der Waals surface area (Å²) < 4.78 is 134. The number of rotatable bonds is 21. The van der Waals surface area contributed by atoms with Crippen molar-refractivity contribution in [1.82, 2.24) is 38.8 Å². The normalized spacial score (nSPS) is 22.8. The van der Waals surface area contributed by atoms with Gasteiger partial charge in [0, 0.05) is 76.3 Å². The van der Waals surface area contributed by atoms with E-state index in [9.17, 15) is 53.6 Å². The van der Waals surface area contributed by atoms with Crippen molar-refractivity contribution in [1.29, 1.82) is 0 Å². The number of amides is 6. The van der Waals surface area contributed by atoms with Crippen LogP contribution in [0.3, 0.4) is 0 Å². The predicted molar refractivity (Wildman–Crippen MR) is 291 cm³/mol. The van der Waals surface area contributed by atoms with E-state index in [1.807, 2.05) is 0 Å². The molecule has 10 atom stereocenters. The van der Waals surface area contributed by atoms with Crippen molar-refractivity contribution in [2.24, 2.45) is 11.8 Å². The molecule has 6 amide bonds. The number of hydrogen-bond acceptors (Lipinski definition) is 14. The summed E-state index contributed by atoms with van der Waals surface area (Å²) in [4.78, 5) is 89.8. The van der Waals surface area contributed by atoms with Crippen LogP contribution < -0.4 is 20.1 Å². The van der Waals surface area contributed by atoms with Gasteiger partial charge in [0.25, 0.3) is 0 Å². The fourth-order valence-electron chi connectivity index (χ4n) is 11.0. The zero-order chi connectivity index (χ0) is 61.1. The molecule has 0 spiro atoms. The first kappa shape index (κ1) is 65.2. The molecule has 22 nitrogen and oxygen atoms in total. The van der Waals surface area contributed by atoms with Crippen LogP contribution in [-0.4, -0.2) is 206 Å². The third kappa shape index (κ3) is 16.0. The molecule has 2 aromatic rings. The van der Waals surface area contributed by atoms with Crippen molar-refractivity contribution in [3.05, 3.63) is 59.7 Å². The molecule has 82 heavy (non-hydrogen) atoms. The lowest BCUT2D eigenvalue weighted by Gasteiger charge is -2.34. The van der Waals surface area contributed by atoms with Crippen molar-refractivity contribution < 1.29 is 82.1 Å². The van der Waals surface area contributed by atoms with Crippen molar-refractivity contribution >= 4 is 55.9 Å². The van der Waals surface area contributed by atoms with Crippen LogP contribution in [0.15, 0.2) is 36.4 Å². The minimum atomic E-state index is -3.85. The first-order valence-electron chi connectivity index (χ1n) is 27.2. The van der Waals surface area contributed by atoms with E-state index in [1.165, 1.54) is 58.5 Å². The average molecular weight is 1200 g/mol. The fraction of sp³-hybridized carbons (Fsp3) is 0.667. The number of ether oxygens (including phenoxy) is 4. The maximum Gasteiger partial charge on any atom is 0.410 e. The van der Waals surface area contributed by atoms with E-state index in [0.29, 0.717) is 0 Å². The molecule has 0 bridgehead atoms. The van der Waals surface area contributed by atoms with Gasteiger partial charge in [-0.05, 0) is 105 Å². The Balaban J connectivity index is 1.28. The molecule has 0 aromatic heterocycles. The van der Waals surface area contributed by atoms with Crippen LogP contribution >= 0.6 is 0 Å². The van der Waals surface area contributed by atoms with Crippen LogP contribution in [0.1, 0.15) is 93.9 Å². The molecule has 0 unspecified atom stereocenters. The molecular formula is C54H78F4N8O14S2. The van der Waals surface area contributed by atoms with E-state index >= 15 is 9.59 Å². The number of hydrogen-bond donors (Lipinski definition) is 2. The van der Waals surface area contributed by atoms with Gasteiger partial charge in [0.1, 0.15) is 46.9 Å². The van der Waals surface area contributed by atoms with Crippen molar-refractivity contribution in [2.45, 2.75) is 153 Å². The lowest BCUT2D eigenvalue weighted by molar-refractivity contribution is -0.139. The number of benzene rings is 2. The molecular weight excluding hydrogens is 1120 g/mol. The van der Waals surface area contributed by atoms with E-state index in [1.54, 1.807) is 41.5 Å². The average Bonchev–Trinajstić information content (AvgIpc) is 3.91. The highest BCUT2D eigenvalue weighted by atomic mass is 32.2. The maximum atomic E-state index is 15.1. The van der Waals surface area contributed by atoms with Gasteiger partial charge in [-0.1, -0.05) is 12.8 Å². The minimum absolute atomic E-state index is 0.0351. The van der Waals surface area contributed by atoms with Gasteiger partial charge < -0.3 is 39.4 Å². The Labute approximate surface area is 477 Å². The number of halogens is 4. The Kier molecular flexibility index (Phi) is 20.6. The summed E-state index contributed by atoms with van der Waals surface area (Å²) in [6.07, 6.45) is 0.817. The molecule has 28 heteroatoms. The van der Waals surface area contributed by atoms with E-state index in [4.69, 9.17) is 18.9 Å². The molecule has 2 aromatic carbocycles. The van der Waals surface area contributed by atoms with E-state index in [2.05, 4.69) is 10.6 Å². The van der Waals surface area contributed by atoms with E-state index in [-0.39, 0.29) is 89.4 Å². The Morgan fingerprint density at radius 1 is 0.598 bits per heavy atom. The van der Waals surface area contributed by atoms with Crippen LogP contribution in [0.25, 0.3) is 0 Å². The zero-order valence-corrected chi connectivity index (χ0v) is 50.1. The Morgan fingerprint density at radius 3 is 1.24 bits per heavy atom. The second-order valence-corrected chi connectivity index (χ2v) is 27.5. The Morgan fingerprint density at radius 2 is 0.939 bits per heavy atom. The summed E-state index contributed by atoms with van der Waals surface area (Å²) in [5.41, 5.74) is -1.84. The molecule has 0 radical (unpaired) electrons. The lowest BCUT2D eigenvalue weighted by atomic mass is 9.97. The summed E-state index contributed by atoms with van der Waals surface area (Å²) in [6, 6.07) is -2.23. The summed E-state index contributed by atoms with van der Waals surface area (Å²) >= 11 is 0. The largest absolute Gasteiger partial charge is 0.493 e. The van der Waals surface area contributed by atoms with Gasteiger partial charge in [-0.15, -0.1) is 0 Å². The molecule has 2 N–H and O–H groups in total. The van der Waals surface area contributed by atoms with Crippen LogP contribution in [-0.2, 0) is 48.7 Å². The first-order chi connectivity index (χ1) is 38.0. The number of carbonyl (C=O) groups excluding carboxylic acids is 6. The molecule has 4 aliphatic heterocycles. The predicted octanol–water partition coefficient (Wildman–Crippen LogP) is 4.46. The second-order valence-electron chi connectivity index (χ2n) is 23.7. The Hall–Kier alpha value is -6.00. The van der Waals surface area contributed by atoms with Gasteiger partial charge in [-0.2, -0.15) is 8.61 Å². The number of nitrogens with one attached hydrogen (secondary N) is 2. The highest BCUT2D eigenvalue weighted by Gasteiger charge is 2.55. The zero-order valence-electron chi connectivity index (χ0n) is 48.4. The van der Waals surface area contributed by atoms with Crippen molar-refractivity contribution in [3.63, 3.8) is 0 Å². The minimum Gasteiger partial charge on any atom is -0.493 e. The van der Waals surface area contributed by atoms with Gasteiger partial charge in [0.05, 0.1) is 37.8 Å². The lowest BCUT2D eigenvalue weighted by Crippen LogP contribution is -2.56. The van der Waals surface area contributed by atoms with Gasteiger partial charge in [-0.25, -0.2) is 44.0 Å². The summed E-state index contributed by atoms with van der Waals surface area (Å²) in [6.45, 7) is 12.2. The second kappa shape index (κ2) is 25.9. The molecule has 0 aliphatic carbocycles. The van der Waals surface area contributed by atoms with Gasteiger partial charge in [0.15, 0.2) is 23.3 Å². The summed E-state index contributed by atoms with van der Waals surface area (Å²) in [7, 11) is -5.01. The highest BCUT2D eigenvalue weighted by molar-refractivity contribution is 7.88. The SMILES string of the molecule is C[C@@H](C(=O)N[C@@H](CCCC[C@H](NC(=O)[C@H](C)N(C)C(=O)OC(C)(C)C)C(=O)N1CC[C@@H]2[C@H]1[C@@H](COc1ccc(F)c(F)c1)CN2S(C)(=O)=O)C(=O)N1CC[C@@H]2[C@H]1[C@@H](COc1ccc(F)c(F)c1)CN2S(C)(=O)=O)N(C)C(=O)OC(C)(C)C. The first-order valence-corrected chi connectivity index (χ1v) is 30.9. The standard InChI is InChI=1S/C54H78F4N8O14S2/c1-31(61(9)51(71)79-53(3,4)5)47(67)59-41(49(69)63-23-21-43-45(63)33(27-65(43)81(11,73)74)29-77-35-17-19-37(55)39(57)25-35)15-13-14-16-42(60-48(68)32(2)62(10)52(72)80-54(6,7)8)50(70)64-24-22-44-46(64)34(28-66(44)82(12,75)76)30-78-36-18-20-38(56)40(58)26-36/h17-20,25-26,31-34,41-46H,13-16,21-24,27-30H2,1-12H3,(H,59,67)(H,60,68)/t31-,32-,33+,34+,41-,42-,43+,44+,45+,46+/m0/s1. The number of sulfonamides is 2. The number of likely N-dealkylation sites (N-methyl/N-ethyl adjacent to an activating group) is 2. The molecule has 4 fully saturated rings. The topological polar surface area (TPSA) is 251 Å².